The molecule has 3 aromatic rings. The van der Waals surface area contributed by atoms with E-state index in [2.05, 4.69) is 4.98 Å². The summed E-state index contributed by atoms with van der Waals surface area (Å²) in [5.41, 5.74) is 2.14. The van der Waals surface area contributed by atoms with Crippen LogP contribution in [-0.4, -0.2) is 24.4 Å². The number of nitrogens with zero attached hydrogens (tertiary/aromatic N) is 3. The Morgan fingerprint density at radius 1 is 0.750 bits per heavy atom. The Balaban J connectivity index is 1.67. The van der Waals surface area contributed by atoms with E-state index in [1.807, 2.05) is 12.2 Å². The predicted molar refractivity (Wildman–Crippen MR) is 131 cm³/mol. The summed E-state index contributed by atoms with van der Waals surface area (Å²) >= 11 is 0. The number of hydrogen-bond acceptors (Lipinski definition) is 4. The van der Waals surface area contributed by atoms with E-state index in [0.717, 1.165) is 18.2 Å². The number of hydrogen-bond donors (Lipinski definition) is 0. The van der Waals surface area contributed by atoms with Crippen LogP contribution in [0, 0.1) is 23.3 Å². The smallest absolute Gasteiger partial charge is 0.170 e. The van der Waals surface area contributed by atoms with Gasteiger partial charge in [-0.05, 0) is 42.5 Å². The molecule has 36 heavy (non-hydrogen) atoms. The number of anilines is 2. The van der Waals surface area contributed by atoms with Gasteiger partial charge in [-0.25, -0.2) is 17.6 Å². The summed E-state index contributed by atoms with van der Waals surface area (Å²) in [4.78, 5) is 19.8. The molecule has 2 aromatic carbocycles. The van der Waals surface area contributed by atoms with Crippen LogP contribution in [0.5, 0.6) is 0 Å². The van der Waals surface area contributed by atoms with Crippen molar-refractivity contribution in [3.05, 3.63) is 125 Å². The summed E-state index contributed by atoms with van der Waals surface area (Å²) in [5.74, 6) is -2.89. The monoisotopic (exact) mass is 489 g/mol. The molecule has 0 amide bonds. The number of aromatic nitrogens is 1. The molecule has 8 heteroatoms. The van der Waals surface area contributed by atoms with E-state index < -0.39 is 23.3 Å². The first kappa shape index (κ1) is 23.3. The molecule has 0 radical (unpaired) electrons. The van der Waals surface area contributed by atoms with Crippen molar-refractivity contribution >= 4 is 29.1 Å². The minimum absolute atomic E-state index is 0.0877. The van der Waals surface area contributed by atoms with Gasteiger partial charge >= 0.3 is 0 Å². The Hall–Kier alpha value is -4.46. The fraction of sp³-hybridized carbons (Fsp3) is 0.0714. The summed E-state index contributed by atoms with van der Waals surface area (Å²) in [7, 11) is 0. The minimum Gasteiger partial charge on any atom is -0.335 e. The third-order valence-electron chi connectivity index (χ3n) is 5.96. The van der Waals surface area contributed by atoms with E-state index in [0.29, 0.717) is 35.6 Å². The topological polar surface area (TPSA) is 36.4 Å². The molecule has 0 fully saturated rings. The summed E-state index contributed by atoms with van der Waals surface area (Å²) in [5, 5.41) is 0. The first-order valence-electron chi connectivity index (χ1n) is 11.1. The van der Waals surface area contributed by atoms with E-state index >= 15 is 0 Å². The molecule has 180 valence electrons. The molecule has 0 saturated carbocycles. The van der Waals surface area contributed by atoms with Gasteiger partial charge < -0.3 is 9.80 Å². The molecule has 3 heterocycles. The van der Waals surface area contributed by atoms with E-state index in [4.69, 9.17) is 0 Å². The van der Waals surface area contributed by atoms with Crippen LogP contribution in [-0.2, 0) is 0 Å². The SMILES string of the molecule is O=Cc1nccc(N2CC=CC=C2c2ccc(F)cc2F)c1N1CC=CC=C1c1ccc(F)cc1F. The average molecular weight is 489 g/mol. The maximum Gasteiger partial charge on any atom is 0.170 e. The van der Waals surface area contributed by atoms with Crippen molar-refractivity contribution in [2.45, 2.75) is 0 Å². The molecule has 4 nitrogen and oxygen atoms in total. The second kappa shape index (κ2) is 9.65. The standard InChI is InChI=1S/C28H19F4N3O/c29-18-7-9-20(22(31)15-18)25-5-1-3-13-34(25)27-11-12-33-24(17-36)28(27)35-14-4-2-6-26(35)21-10-8-19(30)16-23(21)32/h1-12,15-17H,13-14H2. The lowest BCUT2D eigenvalue weighted by molar-refractivity contribution is 0.111. The highest BCUT2D eigenvalue weighted by Gasteiger charge is 2.28. The second-order valence-electron chi connectivity index (χ2n) is 8.11. The number of carbonyl (C=O) groups excluding carboxylic acids is 1. The maximum absolute atomic E-state index is 14.8. The molecule has 0 atom stereocenters. The van der Waals surface area contributed by atoms with Gasteiger partial charge in [0.05, 0.1) is 22.8 Å². The van der Waals surface area contributed by atoms with Crippen LogP contribution in [0.2, 0.25) is 0 Å². The number of carbonyl (C=O) groups is 1. The van der Waals surface area contributed by atoms with Crippen molar-refractivity contribution in [2.75, 3.05) is 22.9 Å². The lowest BCUT2D eigenvalue weighted by Crippen LogP contribution is -2.31. The van der Waals surface area contributed by atoms with Gasteiger partial charge in [0.1, 0.15) is 29.0 Å². The Morgan fingerprint density at radius 2 is 1.31 bits per heavy atom. The molecule has 1 aromatic heterocycles. The van der Waals surface area contributed by atoms with Gasteiger partial charge in [-0.15, -0.1) is 0 Å². The average Bonchev–Trinajstić information content (AvgIpc) is 2.88. The third kappa shape index (κ3) is 4.22. The number of benzene rings is 2. The highest BCUT2D eigenvalue weighted by Crippen LogP contribution is 2.41. The molecule has 0 aliphatic carbocycles. The highest BCUT2D eigenvalue weighted by molar-refractivity contribution is 5.98. The van der Waals surface area contributed by atoms with Crippen molar-refractivity contribution in [3.63, 3.8) is 0 Å². The van der Waals surface area contributed by atoms with Gasteiger partial charge in [-0.2, -0.15) is 0 Å². The number of halogens is 4. The second-order valence-corrected chi connectivity index (χ2v) is 8.11. The number of rotatable bonds is 5. The quantitative estimate of drug-likeness (QED) is 0.312. The van der Waals surface area contributed by atoms with Crippen LogP contribution >= 0.6 is 0 Å². The molecular formula is C28H19F4N3O. The zero-order chi connectivity index (χ0) is 25.2. The van der Waals surface area contributed by atoms with E-state index in [-0.39, 0.29) is 23.4 Å². The van der Waals surface area contributed by atoms with Crippen LogP contribution in [0.4, 0.5) is 28.9 Å². The van der Waals surface area contributed by atoms with Crippen molar-refractivity contribution < 1.29 is 22.4 Å². The van der Waals surface area contributed by atoms with Crippen LogP contribution in [0.15, 0.2) is 85.1 Å². The predicted octanol–water partition coefficient (Wildman–Crippen LogP) is 6.29. The molecule has 0 unspecified atom stereocenters. The Morgan fingerprint density at radius 3 is 1.86 bits per heavy atom. The summed E-state index contributed by atoms with van der Waals surface area (Å²) in [6, 6.07) is 8.31. The van der Waals surface area contributed by atoms with Gasteiger partial charge in [0.15, 0.2) is 6.29 Å². The van der Waals surface area contributed by atoms with E-state index in [9.17, 15) is 22.4 Å². The number of pyridine rings is 1. The molecular weight excluding hydrogens is 470 g/mol. The van der Waals surface area contributed by atoms with Gasteiger partial charge in [0, 0.05) is 42.5 Å². The summed E-state index contributed by atoms with van der Waals surface area (Å²) in [6.07, 6.45) is 12.6. The van der Waals surface area contributed by atoms with Crippen LogP contribution < -0.4 is 9.80 Å². The van der Waals surface area contributed by atoms with Crippen molar-refractivity contribution in [1.82, 2.24) is 4.98 Å². The van der Waals surface area contributed by atoms with Crippen molar-refractivity contribution in [3.8, 4) is 0 Å². The Labute approximate surface area is 204 Å². The third-order valence-corrected chi connectivity index (χ3v) is 5.96. The molecule has 2 aliphatic rings. The molecule has 2 aliphatic heterocycles. The zero-order valence-electron chi connectivity index (χ0n) is 18.8. The van der Waals surface area contributed by atoms with Gasteiger partial charge in [-0.3, -0.25) is 9.78 Å². The van der Waals surface area contributed by atoms with Crippen molar-refractivity contribution in [2.24, 2.45) is 0 Å². The van der Waals surface area contributed by atoms with Crippen LogP contribution in [0.3, 0.4) is 0 Å². The van der Waals surface area contributed by atoms with E-state index in [1.165, 1.54) is 24.4 Å². The first-order chi connectivity index (χ1) is 17.5. The lowest BCUT2D eigenvalue weighted by atomic mass is 10.0. The number of aldehydes is 1. The van der Waals surface area contributed by atoms with Gasteiger partial charge in [0.2, 0.25) is 0 Å². The summed E-state index contributed by atoms with van der Waals surface area (Å²) in [6.45, 7) is 0.599. The lowest BCUT2D eigenvalue weighted by Gasteiger charge is -2.36. The molecule has 0 spiro atoms. The highest BCUT2D eigenvalue weighted by atomic mass is 19.1. The van der Waals surface area contributed by atoms with Crippen LogP contribution in [0.25, 0.3) is 11.4 Å². The molecule has 5 rings (SSSR count). The fourth-order valence-electron chi connectivity index (χ4n) is 4.37. The normalized spacial score (nSPS) is 15.1. The Kier molecular flexibility index (Phi) is 6.25. The molecule has 0 bridgehead atoms. The van der Waals surface area contributed by atoms with Gasteiger partial charge in [-0.1, -0.05) is 24.3 Å². The van der Waals surface area contributed by atoms with Crippen molar-refractivity contribution in [1.29, 1.82) is 0 Å². The van der Waals surface area contributed by atoms with E-state index in [1.54, 1.807) is 40.2 Å². The first-order valence-corrected chi connectivity index (χ1v) is 11.1. The molecule has 0 N–H and O–H groups in total. The maximum atomic E-state index is 14.8. The minimum atomic E-state index is -0.755. The fourth-order valence-corrected chi connectivity index (χ4v) is 4.37. The summed E-state index contributed by atoms with van der Waals surface area (Å²) < 4.78 is 56.8. The van der Waals surface area contributed by atoms with Crippen LogP contribution in [0.1, 0.15) is 21.6 Å². The Bertz CT molecular complexity index is 1480. The van der Waals surface area contributed by atoms with Gasteiger partial charge in [0.25, 0.3) is 0 Å². The number of allylic oxidation sites excluding steroid dienone is 4. The molecule has 0 saturated heterocycles. The zero-order valence-corrected chi connectivity index (χ0v) is 18.8. The largest absolute Gasteiger partial charge is 0.335 e.